The molecule has 7 heteroatoms. The number of aromatic nitrogens is 4. The number of rotatable bonds is 6. The number of nitrogens with one attached hydrogen (secondary N) is 1. The molecule has 0 saturated carbocycles. The minimum Gasteiger partial charge on any atom is -0.497 e. The Labute approximate surface area is 111 Å². The normalized spacial score (nSPS) is 10.5. The molecule has 0 bridgehead atoms. The van der Waals surface area contributed by atoms with Gasteiger partial charge in [0.15, 0.2) is 5.82 Å². The maximum Gasteiger partial charge on any atom is 0.165 e. The zero-order chi connectivity index (χ0) is 13.7. The molecule has 0 fully saturated rings. The van der Waals surface area contributed by atoms with Crippen molar-refractivity contribution in [1.82, 2.24) is 25.5 Å². The van der Waals surface area contributed by atoms with Crippen molar-refractivity contribution in [2.45, 2.75) is 13.1 Å². The molecule has 0 unspecified atom stereocenters. The number of tetrazole rings is 1. The Morgan fingerprint density at radius 2 is 2.11 bits per heavy atom. The molecule has 1 aromatic heterocycles. The Balaban J connectivity index is 2.24. The molecule has 1 N–H and O–H groups in total. The van der Waals surface area contributed by atoms with Gasteiger partial charge in [0.05, 0.1) is 27.3 Å². The lowest BCUT2D eigenvalue weighted by Crippen LogP contribution is -2.14. The molecule has 2 rings (SSSR count). The van der Waals surface area contributed by atoms with Crippen molar-refractivity contribution in [2.24, 2.45) is 0 Å². The third kappa shape index (κ3) is 3.00. The SMILES string of the molecule is CNCc1nnnn1Cc1ccc(OC)cc1OC. The summed E-state index contributed by atoms with van der Waals surface area (Å²) < 4.78 is 12.3. The Morgan fingerprint density at radius 3 is 2.79 bits per heavy atom. The van der Waals surface area contributed by atoms with Gasteiger partial charge in [0, 0.05) is 11.6 Å². The topological polar surface area (TPSA) is 74.1 Å². The third-order valence-corrected chi connectivity index (χ3v) is 2.76. The maximum absolute atomic E-state index is 5.36. The van der Waals surface area contributed by atoms with Gasteiger partial charge in [-0.15, -0.1) is 5.10 Å². The molecule has 102 valence electrons. The second-order valence-electron chi connectivity index (χ2n) is 3.96. The van der Waals surface area contributed by atoms with Crippen molar-refractivity contribution >= 4 is 0 Å². The van der Waals surface area contributed by atoms with Gasteiger partial charge in [0.1, 0.15) is 11.5 Å². The molecule has 0 spiro atoms. The first-order valence-electron chi connectivity index (χ1n) is 5.89. The molecule has 0 amide bonds. The van der Waals surface area contributed by atoms with Crippen molar-refractivity contribution in [1.29, 1.82) is 0 Å². The first-order valence-corrected chi connectivity index (χ1v) is 5.89. The predicted molar refractivity (Wildman–Crippen MR) is 69.2 cm³/mol. The smallest absolute Gasteiger partial charge is 0.165 e. The first kappa shape index (κ1) is 13.3. The van der Waals surface area contributed by atoms with E-state index in [2.05, 4.69) is 20.8 Å². The van der Waals surface area contributed by atoms with Gasteiger partial charge in [0.25, 0.3) is 0 Å². The number of benzene rings is 1. The van der Waals surface area contributed by atoms with E-state index < -0.39 is 0 Å². The van der Waals surface area contributed by atoms with E-state index in [9.17, 15) is 0 Å². The minimum atomic E-state index is 0.553. The lowest BCUT2D eigenvalue weighted by molar-refractivity contribution is 0.389. The van der Waals surface area contributed by atoms with Crippen molar-refractivity contribution in [3.05, 3.63) is 29.6 Å². The summed E-state index contributed by atoms with van der Waals surface area (Å²) in [5, 5.41) is 14.7. The molecular weight excluding hydrogens is 246 g/mol. The standard InChI is InChI=1S/C12H17N5O2/c1-13-7-12-14-15-16-17(12)8-9-4-5-10(18-2)6-11(9)19-3/h4-6,13H,7-8H2,1-3H3. The highest BCUT2D eigenvalue weighted by Crippen LogP contribution is 2.25. The minimum absolute atomic E-state index is 0.553. The first-order chi connectivity index (χ1) is 9.28. The second kappa shape index (κ2) is 6.14. The zero-order valence-electron chi connectivity index (χ0n) is 11.3. The van der Waals surface area contributed by atoms with Crippen LogP contribution in [0, 0.1) is 0 Å². The Hall–Kier alpha value is -2.15. The highest BCUT2D eigenvalue weighted by molar-refractivity contribution is 5.40. The van der Waals surface area contributed by atoms with Gasteiger partial charge in [-0.3, -0.25) is 0 Å². The number of hydrogen-bond acceptors (Lipinski definition) is 6. The fourth-order valence-corrected chi connectivity index (χ4v) is 1.77. The molecule has 0 aliphatic heterocycles. The fraction of sp³-hybridized carbons (Fsp3) is 0.417. The van der Waals surface area contributed by atoms with E-state index >= 15 is 0 Å². The number of nitrogens with zero attached hydrogens (tertiary/aromatic N) is 4. The van der Waals surface area contributed by atoms with Crippen LogP contribution in [0.4, 0.5) is 0 Å². The molecule has 1 aromatic carbocycles. The number of methoxy groups -OCH3 is 2. The molecule has 1 heterocycles. The van der Waals surface area contributed by atoms with Crippen molar-refractivity contribution < 1.29 is 9.47 Å². The van der Waals surface area contributed by atoms with Crippen molar-refractivity contribution in [2.75, 3.05) is 21.3 Å². The molecule has 0 atom stereocenters. The summed E-state index contributed by atoms with van der Waals surface area (Å²) in [6, 6.07) is 5.68. The Bertz CT molecular complexity index is 541. The van der Waals surface area contributed by atoms with Crippen LogP contribution in [0.3, 0.4) is 0 Å². The predicted octanol–water partition coefficient (Wildman–Crippen LogP) is 0.458. The van der Waals surface area contributed by atoms with Crippen molar-refractivity contribution in [3.8, 4) is 11.5 Å². The van der Waals surface area contributed by atoms with Crippen molar-refractivity contribution in [3.63, 3.8) is 0 Å². The highest BCUT2D eigenvalue weighted by Gasteiger charge is 2.10. The molecule has 19 heavy (non-hydrogen) atoms. The van der Waals surface area contributed by atoms with Crippen LogP contribution < -0.4 is 14.8 Å². The highest BCUT2D eigenvalue weighted by atomic mass is 16.5. The zero-order valence-corrected chi connectivity index (χ0v) is 11.3. The van der Waals surface area contributed by atoms with E-state index in [0.29, 0.717) is 13.1 Å². The van der Waals surface area contributed by atoms with Crippen LogP contribution >= 0.6 is 0 Å². The summed E-state index contributed by atoms with van der Waals surface area (Å²) in [7, 11) is 5.11. The lowest BCUT2D eigenvalue weighted by atomic mass is 10.2. The quantitative estimate of drug-likeness (QED) is 0.816. The summed E-state index contributed by atoms with van der Waals surface area (Å²) in [6.45, 7) is 1.17. The van der Waals surface area contributed by atoms with Crippen LogP contribution in [0.25, 0.3) is 0 Å². The van der Waals surface area contributed by atoms with Crippen LogP contribution in [0.15, 0.2) is 18.2 Å². The molecule has 0 saturated heterocycles. The fourth-order valence-electron chi connectivity index (χ4n) is 1.77. The second-order valence-corrected chi connectivity index (χ2v) is 3.96. The van der Waals surface area contributed by atoms with Crippen LogP contribution in [0.2, 0.25) is 0 Å². The van der Waals surface area contributed by atoms with Gasteiger partial charge in [-0.2, -0.15) is 0 Å². The lowest BCUT2D eigenvalue weighted by Gasteiger charge is -2.11. The average Bonchev–Trinajstić information content (AvgIpc) is 2.87. The number of hydrogen-bond donors (Lipinski definition) is 1. The number of ether oxygens (including phenoxy) is 2. The Kier molecular flexibility index (Phi) is 4.30. The third-order valence-electron chi connectivity index (χ3n) is 2.76. The molecule has 0 radical (unpaired) electrons. The molecule has 0 aliphatic carbocycles. The van der Waals surface area contributed by atoms with Crippen LogP contribution in [-0.4, -0.2) is 41.5 Å². The van der Waals surface area contributed by atoms with Gasteiger partial charge in [-0.25, -0.2) is 4.68 Å². The average molecular weight is 263 g/mol. The monoisotopic (exact) mass is 263 g/mol. The van der Waals surface area contributed by atoms with E-state index in [0.717, 1.165) is 22.9 Å². The summed E-state index contributed by atoms with van der Waals surface area (Å²) in [4.78, 5) is 0. The van der Waals surface area contributed by atoms with Gasteiger partial charge in [-0.1, -0.05) is 0 Å². The van der Waals surface area contributed by atoms with Gasteiger partial charge in [0.2, 0.25) is 0 Å². The van der Waals surface area contributed by atoms with E-state index in [1.165, 1.54) is 0 Å². The maximum atomic E-state index is 5.36. The molecule has 7 nitrogen and oxygen atoms in total. The van der Waals surface area contributed by atoms with Crippen LogP contribution in [-0.2, 0) is 13.1 Å². The van der Waals surface area contributed by atoms with E-state index in [4.69, 9.17) is 9.47 Å². The summed E-state index contributed by atoms with van der Waals surface area (Å²) in [5.74, 6) is 2.29. The van der Waals surface area contributed by atoms with E-state index in [-0.39, 0.29) is 0 Å². The van der Waals surface area contributed by atoms with Crippen LogP contribution in [0.1, 0.15) is 11.4 Å². The largest absolute Gasteiger partial charge is 0.497 e. The van der Waals surface area contributed by atoms with Crippen LogP contribution in [0.5, 0.6) is 11.5 Å². The van der Waals surface area contributed by atoms with Gasteiger partial charge >= 0.3 is 0 Å². The molecular formula is C12H17N5O2. The Morgan fingerprint density at radius 1 is 1.26 bits per heavy atom. The summed E-state index contributed by atoms with van der Waals surface area (Å²) in [6.07, 6.45) is 0. The summed E-state index contributed by atoms with van der Waals surface area (Å²) >= 11 is 0. The molecule has 0 aliphatic rings. The summed E-state index contributed by atoms with van der Waals surface area (Å²) in [5.41, 5.74) is 0.993. The van der Waals surface area contributed by atoms with Gasteiger partial charge in [-0.05, 0) is 29.6 Å². The molecule has 2 aromatic rings. The van der Waals surface area contributed by atoms with Gasteiger partial charge < -0.3 is 14.8 Å². The van der Waals surface area contributed by atoms with E-state index in [1.54, 1.807) is 18.9 Å². The van der Waals surface area contributed by atoms with E-state index in [1.807, 2.05) is 25.2 Å².